The molecule has 0 aliphatic carbocycles. The van der Waals surface area contributed by atoms with Crippen molar-refractivity contribution < 1.29 is 13.4 Å². The van der Waals surface area contributed by atoms with Crippen molar-refractivity contribution in [3.8, 4) is 0 Å². The van der Waals surface area contributed by atoms with Crippen LogP contribution in [0.25, 0.3) is 0 Å². The third-order valence-corrected chi connectivity index (χ3v) is 4.45. The molecule has 3 nitrogen and oxygen atoms in total. The molecule has 0 spiro atoms. The second-order valence-corrected chi connectivity index (χ2v) is 6.74. The Balaban J connectivity index is 1.78. The second kappa shape index (κ2) is 8.06. The molecule has 6 heteroatoms. The lowest BCUT2D eigenvalue weighted by Gasteiger charge is -2.06. The second-order valence-electron chi connectivity index (χ2n) is 4.72. The Morgan fingerprint density at radius 1 is 1.18 bits per heavy atom. The lowest BCUT2D eigenvalue weighted by atomic mass is 10.2. The third kappa shape index (κ3) is 5.58. The fourth-order valence-electron chi connectivity index (χ4n) is 1.85. The van der Waals surface area contributed by atoms with Crippen molar-refractivity contribution in [3.63, 3.8) is 0 Å². The highest BCUT2D eigenvalue weighted by Crippen LogP contribution is 2.13. The molecule has 0 aliphatic rings. The molecule has 0 saturated carbocycles. The molecule has 1 amide bonds. The van der Waals surface area contributed by atoms with Gasteiger partial charge in [-0.1, -0.05) is 23.7 Å². The Bertz CT molecular complexity index is 676. The van der Waals surface area contributed by atoms with E-state index in [9.17, 15) is 13.4 Å². The Morgan fingerprint density at radius 2 is 1.91 bits per heavy atom. The van der Waals surface area contributed by atoms with E-state index in [1.807, 2.05) is 6.07 Å². The van der Waals surface area contributed by atoms with Crippen LogP contribution >= 0.6 is 11.6 Å². The molecule has 0 fully saturated rings. The number of hydrogen-bond acceptors (Lipinski definition) is 2. The quantitative estimate of drug-likeness (QED) is 0.871. The number of rotatable bonds is 6. The summed E-state index contributed by atoms with van der Waals surface area (Å²) in [5.74, 6) is 0.0240. The molecular formula is C16H15ClFNO2S. The molecule has 0 heterocycles. The van der Waals surface area contributed by atoms with Gasteiger partial charge in [0.1, 0.15) is 5.82 Å². The van der Waals surface area contributed by atoms with Gasteiger partial charge < -0.3 is 5.32 Å². The predicted octanol–water partition coefficient (Wildman–Crippen LogP) is 3.76. The van der Waals surface area contributed by atoms with E-state index in [4.69, 9.17) is 11.6 Å². The van der Waals surface area contributed by atoms with Crippen molar-refractivity contribution in [3.05, 3.63) is 64.9 Å². The molecular weight excluding hydrogens is 325 g/mol. The van der Waals surface area contributed by atoms with Crippen LogP contribution in [-0.4, -0.2) is 15.9 Å². The Labute approximate surface area is 136 Å². The number of anilines is 1. The van der Waals surface area contributed by atoms with E-state index in [0.29, 0.717) is 16.5 Å². The lowest BCUT2D eigenvalue weighted by Crippen LogP contribution is -2.15. The largest absolute Gasteiger partial charge is 0.326 e. The number of hydrogen-bond donors (Lipinski definition) is 1. The molecule has 22 heavy (non-hydrogen) atoms. The maximum atomic E-state index is 12.8. The third-order valence-electron chi connectivity index (χ3n) is 2.90. The molecule has 0 radical (unpaired) electrons. The van der Waals surface area contributed by atoms with Crippen LogP contribution < -0.4 is 5.32 Å². The predicted molar refractivity (Wildman–Crippen MR) is 87.8 cm³/mol. The van der Waals surface area contributed by atoms with Crippen molar-refractivity contribution >= 4 is 34.0 Å². The highest BCUT2D eigenvalue weighted by atomic mass is 35.5. The highest BCUT2D eigenvalue weighted by Gasteiger charge is 2.07. The van der Waals surface area contributed by atoms with Gasteiger partial charge in [-0.25, -0.2) is 4.39 Å². The molecule has 0 bridgehead atoms. The summed E-state index contributed by atoms with van der Waals surface area (Å²) in [5, 5.41) is 3.24. The minimum absolute atomic E-state index is 0.143. The van der Waals surface area contributed by atoms with Gasteiger partial charge in [0.15, 0.2) is 0 Å². The molecule has 2 aromatic carbocycles. The molecule has 2 aromatic rings. The normalized spacial score (nSPS) is 11.9. The average molecular weight is 340 g/mol. The standard InChI is InChI=1S/C16H15ClFNO2S/c17-13-3-1-2-12(10-13)11-22(21)9-8-16(20)19-15-6-4-14(18)5-7-15/h1-7,10H,8-9,11H2,(H,19,20). The van der Waals surface area contributed by atoms with Gasteiger partial charge in [0.2, 0.25) is 5.91 Å². The summed E-state index contributed by atoms with van der Waals surface area (Å²) in [7, 11) is -1.14. The number of benzene rings is 2. The van der Waals surface area contributed by atoms with E-state index in [2.05, 4.69) is 5.32 Å². The molecule has 0 aromatic heterocycles. The molecule has 0 aliphatic heterocycles. The van der Waals surface area contributed by atoms with Crippen LogP contribution in [0.4, 0.5) is 10.1 Å². The number of halogens is 2. The number of carbonyl (C=O) groups is 1. The first-order valence-electron chi connectivity index (χ1n) is 6.68. The molecule has 2 rings (SSSR count). The zero-order valence-electron chi connectivity index (χ0n) is 11.7. The Kier molecular flexibility index (Phi) is 6.10. The maximum Gasteiger partial charge on any atom is 0.225 e. The SMILES string of the molecule is O=C(CCS(=O)Cc1cccc(Cl)c1)Nc1ccc(F)cc1. The zero-order chi connectivity index (χ0) is 15.9. The number of carbonyl (C=O) groups excluding carboxylic acids is 1. The summed E-state index contributed by atoms with van der Waals surface area (Å²) >= 11 is 5.87. The van der Waals surface area contributed by atoms with Crippen LogP contribution in [0.1, 0.15) is 12.0 Å². The first kappa shape index (κ1) is 16.6. The summed E-state index contributed by atoms with van der Waals surface area (Å²) < 4.78 is 24.7. The Hall–Kier alpha value is -1.72. The van der Waals surface area contributed by atoms with Crippen LogP contribution in [0.5, 0.6) is 0 Å². The molecule has 1 N–H and O–H groups in total. The van der Waals surface area contributed by atoms with Gasteiger partial charge in [0, 0.05) is 39.4 Å². The highest BCUT2D eigenvalue weighted by molar-refractivity contribution is 7.84. The van der Waals surface area contributed by atoms with Crippen LogP contribution in [0.3, 0.4) is 0 Å². The van der Waals surface area contributed by atoms with Gasteiger partial charge in [0.25, 0.3) is 0 Å². The van der Waals surface area contributed by atoms with E-state index < -0.39 is 10.8 Å². The number of amides is 1. The summed E-state index contributed by atoms with van der Waals surface area (Å²) in [6.07, 6.45) is 0.143. The first-order chi connectivity index (χ1) is 10.5. The lowest BCUT2D eigenvalue weighted by molar-refractivity contribution is -0.115. The fraction of sp³-hybridized carbons (Fsp3) is 0.188. The van der Waals surface area contributed by atoms with Crippen LogP contribution in [0, 0.1) is 5.82 Å². The summed E-state index contributed by atoms with van der Waals surface area (Å²) in [6.45, 7) is 0. The van der Waals surface area contributed by atoms with Gasteiger partial charge in [-0.05, 0) is 42.0 Å². The zero-order valence-corrected chi connectivity index (χ0v) is 13.3. The van der Waals surface area contributed by atoms with E-state index in [-0.39, 0.29) is 23.9 Å². The van der Waals surface area contributed by atoms with Gasteiger partial charge in [0.05, 0.1) is 0 Å². The maximum absolute atomic E-state index is 12.8. The van der Waals surface area contributed by atoms with Crippen molar-refractivity contribution in [2.24, 2.45) is 0 Å². The van der Waals surface area contributed by atoms with Crippen molar-refractivity contribution in [1.82, 2.24) is 0 Å². The average Bonchev–Trinajstić information content (AvgIpc) is 2.48. The van der Waals surface area contributed by atoms with Crippen LogP contribution in [0.2, 0.25) is 5.02 Å². The van der Waals surface area contributed by atoms with E-state index in [1.165, 1.54) is 24.3 Å². The molecule has 1 atom stereocenters. The molecule has 1 unspecified atom stereocenters. The van der Waals surface area contributed by atoms with Gasteiger partial charge in [-0.2, -0.15) is 0 Å². The van der Waals surface area contributed by atoms with E-state index in [0.717, 1.165) is 5.56 Å². The van der Waals surface area contributed by atoms with Crippen molar-refractivity contribution in [1.29, 1.82) is 0 Å². The summed E-state index contributed by atoms with van der Waals surface area (Å²) in [5.41, 5.74) is 1.40. The molecule has 0 saturated heterocycles. The van der Waals surface area contributed by atoms with Crippen LogP contribution in [0.15, 0.2) is 48.5 Å². The Morgan fingerprint density at radius 3 is 2.59 bits per heavy atom. The van der Waals surface area contributed by atoms with Crippen LogP contribution in [-0.2, 0) is 21.3 Å². The summed E-state index contributed by atoms with van der Waals surface area (Å²) in [6, 6.07) is 12.7. The van der Waals surface area contributed by atoms with Crippen molar-refractivity contribution in [2.45, 2.75) is 12.2 Å². The van der Waals surface area contributed by atoms with Gasteiger partial charge in [-0.15, -0.1) is 0 Å². The van der Waals surface area contributed by atoms with E-state index >= 15 is 0 Å². The van der Waals surface area contributed by atoms with Gasteiger partial charge in [-0.3, -0.25) is 9.00 Å². The van der Waals surface area contributed by atoms with E-state index in [1.54, 1.807) is 18.2 Å². The first-order valence-corrected chi connectivity index (χ1v) is 8.54. The van der Waals surface area contributed by atoms with Crippen molar-refractivity contribution in [2.75, 3.05) is 11.1 Å². The number of nitrogens with one attached hydrogen (secondary N) is 1. The topological polar surface area (TPSA) is 46.2 Å². The minimum Gasteiger partial charge on any atom is -0.326 e. The monoisotopic (exact) mass is 339 g/mol. The fourth-order valence-corrected chi connectivity index (χ4v) is 3.17. The smallest absolute Gasteiger partial charge is 0.225 e. The summed E-state index contributed by atoms with van der Waals surface area (Å²) in [4.78, 5) is 11.7. The van der Waals surface area contributed by atoms with Gasteiger partial charge >= 0.3 is 0 Å². The molecule has 116 valence electrons. The minimum atomic E-state index is -1.14.